The van der Waals surface area contributed by atoms with Crippen molar-refractivity contribution in [2.75, 3.05) is 5.32 Å². The van der Waals surface area contributed by atoms with Gasteiger partial charge in [-0.3, -0.25) is 14.2 Å². The number of fused-ring (bicyclic) bond motifs is 1. The van der Waals surface area contributed by atoms with Crippen LogP contribution in [0.5, 0.6) is 0 Å². The average molecular weight is 439 g/mol. The van der Waals surface area contributed by atoms with Crippen LogP contribution in [0.3, 0.4) is 0 Å². The molecule has 4 aromatic rings. The van der Waals surface area contributed by atoms with Gasteiger partial charge in [0.2, 0.25) is 5.91 Å². The maximum atomic E-state index is 13.5. The molecule has 3 aromatic heterocycles. The highest BCUT2D eigenvalue weighted by atomic mass is 32.1. The molecule has 30 heavy (non-hydrogen) atoms. The van der Waals surface area contributed by atoms with Gasteiger partial charge >= 0.3 is 0 Å². The van der Waals surface area contributed by atoms with Crippen LogP contribution in [0.25, 0.3) is 21.3 Å². The first-order valence-corrected chi connectivity index (χ1v) is 11.4. The summed E-state index contributed by atoms with van der Waals surface area (Å²) < 4.78 is 1.45. The van der Waals surface area contributed by atoms with E-state index in [2.05, 4.69) is 41.3 Å². The van der Waals surface area contributed by atoms with Gasteiger partial charge in [0.05, 0.1) is 11.7 Å². The molecule has 6 nitrogen and oxygen atoms in total. The fourth-order valence-electron chi connectivity index (χ4n) is 3.56. The molecule has 3 heterocycles. The smallest absolute Gasteiger partial charge is 0.263 e. The number of nitrogens with one attached hydrogen (secondary N) is 1. The van der Waals surface area contributed by atoms with Crippen LogP contribution >= 0.6 is 22.7 Å². The van der Waals surface area contributed by atoms with Crippen molar-refractivity contribution in [2.24, 2.45) is 0 Å². The highest BCUT2D eigenvalue weighted by molar-refractivity contribution is 7.19. The lowest BCUT2D eigenvalue weighted by molar-refractivity contribution is -0.119. The number of anilines is 1. The summed E-state index contributed by atoms with van der Waals surface area (Å²) in [5.74, 6) is -0.268. The van der Waals surface area contributed by atoms with Crippen LogP contribution < -0.4 is 10.9 Å². The number of thiophene rings is 1. The second-order valence-electron chi connectivity index (χ2n) is 7.22. The topological polar surface area (TPSA) is 76.9 Å². The van der Waals surface area contributed by atoms with E-state index in [1.165, 1.54) is 44.7 Å². The number of carbonyl (C=O) groups excluding carboxylic acids is 1. The van der Waals surface area contributed by atoms with Crippen LogP contribution in [0.4, 0.5) is 5.13 Å². The third kappa shape index (κ3) is 3.57. The molecule has 0 radical (unpaired) electrons. The first kappa shape index (κ1) is 20.4. The summed E-state index contributed by atoms with van der Waals surface area (Å²) in [6, 6.07) is 5.55. The van der Waals surface area contributed by atoms with Crippen molar-refractivity contribution >= 4 is 43.9 Å². The van der Waals surface area contributed by atoms with Gasteiger partial charge in [-0.1, -0.05) is 25.1 Å². The summed E-state index contributed by atoms with van der Waals surface area (Å²) in [4.78, 5) is 36.7. The molecule has 1 atom stereocenters. The number of carbonyl (C=O) groups is 1. The van der Waals surface area contributed by atoms with E-state index in [-0.39, 0.29) is 11.5 Å². The lowest BCUT2D eigenvalue weighted by atomic mass is 9.99. The molecule has 0 aliphatic carbocycles. The van der Waals surface area contributed by atoms with Crippen LogP contribution in [0.15, 0.2) is 40.9 Å². The van der Waals surface area contributed by atoms with E-state index in [1.807, 2.05) is 19.9 Å². The monoisotopic (exact) mass is 438 g/mol. The molecule has 0 saturated heterocycles. The van der Waals surface area contributed by atoms with E-state index in [0.717, 1.165) is 16.0 Å². The van der Waals surface area contributed by atoms with Crippen LogP contribution in [-0.4, -0.2) is 20.4 Å². The first-order valence-electron chi connectivity index (χ1n) is 9.69. The number of benzene rings is 1. The number of nitrogens with zero attached hydrogens (tertiary/aromatic N) is 3. The number of hydrogen-bond acceptors (Lipinski definition) is 6. The molecular weight excluding hydrogens is 416 g/mol. The van der Waals surface area contributed by atoms with E-state index in [0.29, 0.717) is 21.8 Å². The molecule has 4 rings (SSSR count). The Kier molecular flexibility index (Phi) is 5.53. The van der Waals surface area contributed by atoms with Gasteiger partial charge in [-0.2, -0.15) is 0 Å². The van der Waals surface area contributed by atoms with Crippen molar-refractivity contribution in [3.05, 3.63) is 62.5 Å². The van der Waals surface area contributed by atoms with Crippen LogP contribution in [0, 0.1) is 20.8 Å². The molecule has 0 spiro atoms. The molecule has 1 amide bonds. The van der Waals surface area contributed by atoms with Crippen molar-refractivity contribution in [1.82, 2.24) is 14.5 Å². The largest absolute Gasteiger partial charge is 0.300 e. The minimum absolute atomic E-state index is 0.196. The maximum Gasteiger partial charge on any atom is 0.263 e. The van der Waals surface area contributed by atoms with E-state index >= 15 is 0 Å². The summed E-state index contributed by atoms with van der Waals surface area (Å²) in [5, 5.41) is 5.68. The second kappa shape index (κ2) is 8.12. The second-order valence-corrected chi connectivity index (χ2v) is 9.32. The fraction of sp³-hybridized carbons (Fsp3) is 0.273. The predicted octanol–water partition coefficient (Wildman–Crippen LogP) is 5.10. The van der Waals surface area contributed by atoms with E-state index < -0.39 is 6.04 Å². The van der Waals surface area contributed by atoms with Crippen molar-refractivity contribution in [3.8, 4) is 11.1 Å². The lowest BCUT2D eigenvalue weighted by Gasteiger charge is -2.17. The summed E-state index contributed by atoms with van der Waals surface area (Å²) in [6.45, 7) is 8.02. The minimum atomic E-state index is -0.661. The molecule has 1 unspecified atom stereocenters. The number of amides is 1. The van der Waals surface area contributed by atoms with Crippen molar-refractivity contribution in [1.29, 1.82) is 0 Å². The fourth-order valence-corrected chi connectivity index (χ4v) is 5.10. The Morgan fingerprint density at radius 1 is 1.20 bits per heavy atom. The molecular formula is C22H22N4O2S2. The quantitative estimate of drug-likeness (QED) is 0.470. The highest BCUT2D eigenvalue weighted by Crippen LogP contribution is 2.36. The Hall–Kier alpha value is -2.84. The van der Waals surface area contributed by atoms with E-state index in [4.69, 9.17) is 0 Å². The molecule has 1 aromatic carbocycles. The molecule has 0 fully saturated rings. The summed E-state index contributed by atoms with van der Waals surface area (Å²) in [5.41, 5.74) is 4.08. The van der Waals surface area contributed by atoms with Gasteiger partial charge in [-0.15, -0.1) is 22.7 Å². The molecule has 1 N–H and O–H groups in total. The predicted molar refractivity (Wildman–Crippen MR) is 124 cm³/mol. The van der Waals surface area contributed by atoms with Gasteiger partial charge < -0.3 is 5.32 Å². The minimum Gasteiger partial charge on any atom is -0.300 e. The Balaban J connectivity index is 1.84. The zero-order valence-corrected chi connectivity index (χ0v) is 18.9. The zero-order chi connectivity index (χ0) is 21.4. The van der Waals surface area contributed by atoms with Crippen molar-refractivity contribution in [3.63, 3.8) is 0 Å². The number of aromatic nitrogens is 3. The maximum absolute atomic E-state index is 13.5. The Bertz CT molecular complexity index is 1290. The standard InChI is InChI=1S/C22H22N4O2S2/c1-5-16(19(27)25-22-23-8-9-29-22)26-11-24-20-18(21(26)28)17(14(4)30-20)15-7-6-12(2)13(3)10-15/h6-11,16H,5H2,1-4H3,(H,23,25,27). The van der Waals surface area contributed by atoms with Crippen LogP contribution in [0.2, 0.25) is 0 Å². The summed E-state index contributed by atoms with van der Waals surface area (Å²) >= 11 is 2.85. The van der Waals surface area contributed by atoms with Gasteiger partial charge in [0, 0.05) is 22.0 Å². The van der Waals surface area contributed by atoms with Crippen molar-refractivity contribution in [2.45, 2.75) is 40.2 Å². The van der Waals surface area contributed by atoms with Gasteiger partial charge in [0.25, 0.3) is 5.56 Å². The SMILES string of the molecule is CCC(C(=O)Nc1nccs1)n1cnc2sc(C)c(-c3ccc(C)c(C)c3)c2c1=O. The summed E-state index contributed by atoms with van der Waals surface area (Å²) in [7, 11) is 0. The molecule has 0 aliphatic heterocycles. The molecule has 154 valence electrons. The molecule has 0 aliphatic rings. The average Bonchev–Trinajstić information content (AvgIpc) is 3.34. The Morgan fingerprint density at radius 3 is 2.67 bits per heavy atom. The number of hydrogen-bond donors (Lipinski definition) is 1. The first-order chi connectivity index (χ1) is 14.4. The van der Waals surface area contributed by atoms with Gasteiger partial charge in [0.15, 0.2) is 5.13 Å². The Morgan fingerprint density at radius 2 is 2.00 bits per heavy atom. The third-order valence-corrected chi connectivity index (χ3v) is 7.00. The highest BCUT2D eigenvalue weighted by Gasteiger charge is 2.24. The van der Waals surface area contributed by atoms with Gasteiger partial charge in [0.1, 0.15) is 10.9 Å². The van der Waals surface area contributed by atoms with Gasteiger partial charge in [-0.05, 0) is 43.9 Å². The van der Waals surface area contributed by atoms with Crippen LogP contribution in [0.1, 0.15) is 35.4 Å². The Labute approximate surface area is 182 Å². The normalized spacial score (nSPS) is 12.3. The number of rotatable bonds is 5. The molecule has 0 saturated carbocycles. The zero-order valence-electron chi connectivity index (χ0n) is 17.2. The van der Waals surface area contributed by atoms with Crippen molar-refractivity contribution < 1.29 is 4.79 Å². The number of thiazole rings is 1. The van der Waals surface area contributed by atoms with Crippen LogP contribution in [-0.2, 0) is 4.79 Å². The van der Waals surface area contributed by atoms with Gasteiger partial charge in [-0.25, -0.2) is 9.97 Å². The van der Waals surface area contributed by atoms with E-state index in [1.54, 1.807) is 11.6 Å². The lowest BCUT2D eigenvalue weighted by Crippen LogP contribution is -2.33. The van der Waals surface area contributed by atoms with E-state index in [9.17, 15) is 9.59 Å². The molecule has 0 bridgehead atoms. The third-order valence-electron chi connectivity index (χ3n) is 5.30. The molecule has 8 heteroatoms. The number of aryl methyl sites for hydroxylation is 3. The summed E-state index contributed by atoms with van der Waals surface area (Å²) in [6.07, 6.45) is 3.58.